The molecule has 0 fully saturated rings. The summed E-state index contributed by atoms with van der Waals surface area (Å²) in [7, 11) is 0. The van der Waals surface area contributed by atoms with Crippen LogP contribution in [0.25, 0.3) is 0 Å². The number of carbonyl (C=O) groups excluding carboxylic acids is 1. The van der Waals surface area contributed by atoms with E-state index in [1.54, 1.807) is 6.07 Å². The third-order valence-electron chi connectivity index (χ3n) is 2.45. The van der Waals surface area contributed by atoms with Gasteiger partial charge < -0.3 is 11.5 Å². The molecule has 0 spiro atoms. The van der Waals surface area contributed by atoms with Crippen molar-refractivity contribution in [2.45, 2.75) is 18.9 Å². The Morgan fingerprint density at radius 1 is 1.31 bits per heavy atom. The van der Waals surface area contributed by atoms with Crippen LogP contribution in [0.15, 0.2) is 18.2 Å². The maximum atomic E-state index is 10.9. The molecule has 4 N–H and O–H groups in total. The van der Waals surface area contributed by atoms with E-state index in [1.165, 1.54) is 11.1 Å². The number of hydrogen-bond donors (Lipinski definition) is 2. The average molecular weight is 176 g/mol. The summed E-state index contributed by atoms with van der Waals surface area (Å²) in [5.74, 6) is -0.372. The molecule has 13 heavy (non-hydrogen) atoms. The van der Waals surface area contributed by atoms with Crippen molar-refractivity contribution in [2.24, 2.45) is 11.5 Å². The van der Waals surface area contributed by atoms with Crippen molar-refractivity contribution in [3.8, 4) is 0 Å². The van der Waals surface area contributed by atoms with Crippen molar-refractivity contribution in [1.82, 2.24) is 0 Å². The molecule has 0 aromatic heterocycles. The van der Waals surface area contributed by atoms with Gasteiger partial charge in [-0.1, -0.05) is 6.07 Å². The molecule has 3 heteroatoms. The summed E-state index contributed by atoms with van der Waals surface area (Å²) in [4.78, 5) is 10.9. The molecule has 2 rings (SSSR count). The van der Waals surface area contributed by atoms with Crippen molar-refractivity contribution in [3.63, 3.8) is 0 Å². The van der Waals surface area contributed by atoms with Gasteiger partial charge in [0.1, 0.15) is 0 Å². The zero-order valence-corrected chi connectivity index (χ0v) is 7.29. The van der Waals surface area contributed by atoms with E-state index in [0.717, 1.165) is 12.8 Å². The summed E-state index contributed by atoms with van der Waals surface area (Å²) >= 11 is 0. The summed E-state index contributed by atoms with van der Waals surface area (Å²) in [6, 6.07) is 5.77. The van der Waals surface area contributed by atoms with E-state index in [0.29, 0.717) is 5.56 Å². The van der Waals surface area contributed by atoms with Crippen LogP contribution in [0.5, 0.6) is 0 Å². The van der Waals surface area contributed by atoms with Crippen molar-refractivity contribution in [1.29, 1.82) is 0 Å². The Morgan fingerprint density at radius 3 is 2.69 bits per heavy atom. The van der Waals surface area contributed by atoms with Crippen LogP contribution in [-0.2, 0) is 12.8 Å². The van der Waals surface area contributed by atoms with Crippen LogP contribution in [0.4, 0.5) is 0 Å². The van der Waals surface area contributed by atoms with Crippen LogP contribution in [0.2, 0.25) is 0 Å². The lowest BCUT2D eigenvalue weighted by Gasteiger charge is -2.00. The number of primary amides is 1. The molecule has 1 aromatic carbocycles. The van der Waals surface area contributed by atoms with Crippen LogP contribution < -0.4 is 11.5 Å². The Labute approximate surface area is 76.7 Å². The van der Waals surface area contributed by atoms with Crippen molar-refractivity contribution in [3.05, 3.63) is 34.9 Å². The fourth-order valence-electron chi connectivity index (χ4n) is 1.81. The predicted molar refractivity (Wildman–Crippen MR) is 50.3 cm³/mol. The van der Waals surface area contributed by atoms with Gasteiger partial charge in [-0.05, 0) is 36.1 Å². The Balaban J connectivity index is 2.40. The molecule has 0 saturated carbocycles. The van der Waals surface area contributed by atoms with Crippen molar-refractivity contribution >= 4 is 5.91 Å². The third kappa shape index (κ3) is 1.42. The number of rotatable bonds is 1. The highest BCUT2D eigenvalue weighted by Crippen LogP contribution is 2.22. The third-order valence-corrected chi connectivity index (χ3v) is 2.45. The number of hydrogen-bond acceptors (Lipinski definition) is 2. The zero-order chi connectivity index (χ0) is 9.42. The maximum absolute atomic E-state index is 10.9. The second-order valence-electron chi connectivity index (χ2n) is 3.52. The monoisotopic (exact) mass is 176 g/mol. The predicted octanol–water partition coefficient (Wildman–Crippen LogP) is 0.211. The Kier molecular flexibility index (Phi) is 1.81. The Morgan fingerprint density at radius 2 is 2.00 bits per heavy atom. The maximum Gasteiger partial charge on any atom is 0.248 e. The number of carbonyl (C=O) groups is 1. The highest BCUT2D eigenvalue weighted by molar-refractivity contribution is 5.93. The summed E-state index contributed by atoms with van der Waals surface area (Å²) in [5.41, 5.74) is 14.0. The Hall–Kier alpha value is -1.35. The second kappa shape index (κ2) is 2.85. The van der Waals surface area contributed by atoms with Gasteiger partial charge in [0.25, 0.3) is 0 Å². The molecule has 1 atom stereocenters. The van der Waals surface area contributed by atoms with Crippen LogP contribution in [0, 0.1) is 0 Å². The van der Waals surface area contributed by atoms with Crippen molar-refractivity contribution in [2.75, 3.05) is 0 Å². The minimum Gasteiger partial charge on any atom is -0.366 e. The summed E-state index contributed by atoms with van der Waals surface area (Å²) in [6.07, 6.45) is 1.77. The molecule has 1 amide bonds. The van der Waals surface area contributed by atoms with Gasteiger partial charge in [0.2, 0.25) is 5.91 Å². The molecule has 0 saturated heterocycles. The van der Waals surface area contributed by atoms with Gasteiger partial charge >= 0.3 is 0 Å². The number of amides is 1. The molecule has 0 unspecified atom stereocenters. The SMILES string of the molecule is NC(=O)c1ccc2c(c1)C[C@@H](N)C2. The molecule has 0 bridgehead atoms. The molecule has 0 radical (unpaired) electrons. The topological polar surface area (TPSA) is 69.1 Å². The van der Waals surface area contributed by atoms with Crippen LogP contribution in [-0.4, -0.2) is 11.9 Å². The number of nitrogens with two attached hydrogens (primary N) is 2. The molecular formula is C10H12N2O. The Bertz CT molecular complexity index is 360. The minimum atomic E-state index is -0.372. The smallest absolute Gasteiger partial charge is 0.248 e. The molecule has 3 nitrogen and oxygen atoms in total. The van der Waals surface area contributed by atoms with Gasteiger partial charge in [-0.15, -0.1) is 0 Å². The zero-order valence-electron chi connectivity index (χ0n) is 7.29. The van der Waals surface area contributed by atoms with Gasteiger partial charge in [0.15, 0.2) is 0 Å². The molecule has 0 heterocycles. The van der Waals surface area contributed by atoms with Crippen LogP contribution in [0.3, 0.4) is 0 Å². The summed E-state index contributed by atoms with van der Waals surface area (Å²) < 4.78 is 0. The van der Waals surface area contributed by atoms with Gasteiger partial charge in [0, 0.05) is 11.6 Å². The molecule has 1 aliphatic carbocycles. The van der Waals surface area contributed by atoms with E-state index in [4.69, 9.17) is 11.5 Å². The lowest BCUT2D eigenvalue weighted by molar-refractivity contribution is 0.1000. The van der Waals surface area contributed by atoms with Gasteiger partial charge in [-0.25, -0.2) is 0 Å². The van der Waals surface area contributed by atoms with E-state index < -0.39 is 0 Å². The van der Waals surface area contributed by atoms with E-state index in [1.807, 2.05) is 12.1 Å². The molecule has 1 aromatic rings. The molecule has 0 aliphatic heterocycles. The molecule has 68 valence electrons. The van der Waals surface area contributed by atoms with E-state index in [-0.39, 0.29) is 11.9 Å². The fraction of sp³-hybridized carbons (Fsp3) is 0.300. The highest BCUT2D eigenvalue weighted by atomic mass is 16.1. The first-order valence-corrected chi connectivity index (χ1v) is 4.34. The van der Waals surface area contributed by atoms with Crippen LogP contribution in [0.1, 0.15) is 21.5 Å². The lowest BCUT2D eigenvalue weighted by atomic mass is 10.1. The number of fused-ring (bicyclic) bond motifs is 1. The quantitative estimate of drug-likeness (QED) is 0.642. The normalized spacial score (nSPS) is 19.9. The van der Waals surface area contributed by atoms with E-state index >= 15 is 0 Å². The largest absolute Gasteiger partial charge is 0.366 e. The first-order valence-electron chi connectivity index (χ1n) is 4.34. The standard InChI is InChI=1S/C10H12N2O/c11-9-4-6-1-2-7(10(12)13)3-8(6)5-9/h1-3,9H,4-5,11H2,(H2,12,13)/t9-/m0/s1. The number of benzene rings is 1. The lowest BCUT2D eigenvalue weighted by Crippen LogP contribution is -2.19. The second-order valence-corrected chi connectivity index (χ2v) is 3.52. The van der Waals surface area contributed by atoms with E-state index in [9.17, 15) is 4.79 Å². The molecule has 1 aliphatic rings. The highest BCUT2D eigenvalue weighted by Gasteiger charge is 2.18. The minimum absolute atomic E-state index is 0.207. The fourth-order valence-corrected chi connectivity index (χ4v) is 1.81. The van der Waals surface area contributed by atoms with Gasteiger partial charge in [0.05, 0.1) is 0 Å². The van der Waals surface area contributed by atoms with Gasteiger partial charge in [-0.3, -0.25) is 4.79 Å². The molecular weight excluding hydrogens is 164 g/mol. The average Bonchev–Trinajstić information content (AvgIpc) is 2.42. The summed E-state index contributed by atoms with van der Waals surface area (Å²) in [5, 5.41) is 0. The summed E-state index contributed by atoms with van der Waals surface area (Å²) in [6.45, 7) is 0. The van der Waals surface area contributed by atoms with Crippen LogP contribution >= 0.6 is 0 Å². The first kappa shape index (κ1) is 8.26. The van der Waals surface area contributed by atoms with Gasteiger partial charge in [-0.2, -0.15) is 0 Å². The van der Waals surface area contributed by atoms with E-state index in [2.05, 4.69) is 0 Å². The van der Waals surface area contributed by atoms with Crippen molar-refractivity contribution < 1.29 is 4.79 Å². The first-order chi connectivity index (χ1) is 6.16.